The fraction of sp³-hybridized carbons (Fsp3) is 0.292. The minimum Gasteiger partial charge on any atom is -0.481 e. The standard InChI is InChI=1S/C24H25ClN4O3/c1-14(2)29-13-20(25)19-11-16(7-8-21(19)29)24-27-23(28-32-24)18-6-4-5-17(15(18)3)12-26-10-9-22(30)31/h4-8,11,13-14,26H,9-10,12H2,1-3H3,(H,30,31). The van der Waals surface area contributed by atoms with Crippen molar-refractivity contribution < 1.29 is 14.4 Å². The summed E-state index contributed by atoms with van der Waals surface area (Å²) in [7, 11) is 0. The fourth-order valence-corrected chi connectivity index (χ4v) is 4.02. The van der Waals surface area contributed by atoms with E-state index in [4.69, 9.17) is 21.2 Å². The molecule has 0 amide bonds. The smallest absolute Gasteiger partial charge is 0.304 e. The Balaban J connectivity index is 1.60. The van der Waals surface area contributed by atoms with Gasteiger partial charge in [-0.25, -0.2) is 0 Å². The zero-order valence-corrected chi connectivity index (χ0v) is 19.0. The van der Waals surface area contributed by atoms with E-state index < -0.39 is 5.97 Å². The van der Waals surface area contributed by atoms with Crippen LogP contribution in [0, 0.1) is 6.92 Å². The van der Waals surface area contributed by atoms with Gasteiger partial charge in [0, 0.05) is 47.4 Å². The van der Waals surface area contributed by atoms with Crippen LogP contribution in [-0.4, -0.2) is 32.3 Å². The molecule has 0 fully saturated rings. The summed E-state index contributed by atoms with van der Waals surface area (Å²) in [6, 6.07) is 12.2. The van der Waals surface area contributed by atoms with Crippen molar-refractivity contribution in [2.45, 2.75) is 39.8 Å². The van der Waals surface area contributed by atoms with Crippen LogP contribution in [0.5, 0.6) is 0 Å². The SMILES string of the molecule is Cc1c(CNCCC(=O)O)cccc1-c1noc(-c2ccc3c(c2)c(Cl)cn3C(C)C)n1. The number of carbonyl (C=O) groups is 1. The zero-order chi connectivity index (χ0) is 22.8. The molecule has 0 aliphatic heterocycles. The molecule has 0 bridgehead atoms. The highest BCUT2D eigenvalue weighted by Crippen LogP contribution is 2.33. The van der Waals surface area contributed by atoms with Crippen molar-refractivity contribution in [3.05, 3.63) is 58.7 Å². The fourth-order valence-electron chi connectivity index (χ4n) is 3.76. The molecule has 0 saturated heterocycles. The van der Waals surface area contributed by atoms with Crippen molar-refractivity contribution in [2.75, 3.05) is 6.54 Å². The summed E-state index contributed by atoms with van der Waals surface area (Å²) in [5.41, 5.74) is 4.83. The van der Waals surface area contributed by atoms with Gasteiger partial charge in [-0.3, -0.25) is 4.79 Å². The molecule has 0 aliphatic carbocycles. The van der Waals surface area contributed by atoms with Crippen molar-refractivity contribution in [1.29, 1.82) is 0 Å². The van der Waals surface area contributed by atoms with Gasteiger partial charge in [-0.1, -0.05) is 35.0 Å². The van der Waals surface area contributed by atoms with E-state index in [0.29, 0.717) is 35.9 Å². The van der Waals surface area contributed by atoms with Crippen molar-refractivity contribution in [3.63, 3.8) is 0 Å². The quantitative estimate of drug-likeness (QED) is 0.344. The van der Waals surface area contributed by atoms with Gasteiger partial charge >= 0.3 is 5.97 Å². The summed E-state index contributed by atoms with van der Waals surface area (Å²) in [5.74, 6) is 0.123. The molecule has 0 unspecified atom stereocenters. The highest BCUT2D eigenvalue weighted by molar-refractivity contribution is 6.35. The minimum absolute atomic E-state index is 0.0852. The molecule has 2 aromatic carbocycles. The van der Waals surface area contributed by atoms with Crippen molar-refractivity contribution in [1.82, 2.24) is 20.0 Å². The Morgan fingerprint density at radius 2 is 2.09 bits per heavy atom. The van der Waals surface area contributed by atoms with E-state index in [1.165, 1.54) is 0 Å². The Hall–Kier alpha value is -3.16. The van der Waals surface area contributed by atoms with E-state index in [9.17, 15) is 4.79 Å². The number of carboxylic acids is 1. The number of hydrogen-bond acceptors (Lipinski definition) is 5. The molecule has 166 valence electrons. The van der Waals surface area contributed by atoms with Gasteiger partial charge in [0.2, 0.25) is 5.82 Å². The molecule has 4 rings (SSSR count). The monoisotopic (exact) mass is 452 g/mol. The maximum atomic E-state index is 10.7. The Labute approximate surface area is 191 Å². The molecular weight excluding hydrogens is 428 g/mol. The van der Waals surface area contributed by atoms with Crippen LogP contribution < -0.4 is 5.32 Å². The third kappa shape index (κ3) is 4.40. The number of fused-ring (bicyclic) bond motifs is 1. The maximum Gasteiger partial charge on any atom is 0.304 e. The van der Waals surface area contributed by atoms with Crippen molar-refractivity contribution in [3.8, 4) is 22.8 Å². The summed E-state index contributed by atoms with van der Waals surface area (Å²) in [5, 5.41) is 17.8. The van der Waals surface area contributed by atoms with Crippen molar-refractivity contribution >= 4 is 28.5 Å². The molecule has 0 saturated carbocycles. The molecule has 4 aromatic rings. The first-order valence-corrected chi connectivity index (χ1v) is 10.9. The predicted octanol–water partition coefficient (Wildman–Crippen LogP) is 5.47. The second-order valence-electron chi connectivity index (χ2n) is 8.04. The third-order valence-corrected chi connectivity index (χ3v) is 5.83. The first-order valence-electron chi connectivity index (χ1n) is 10.5. The van der Waals surface area contributed by atoms with Gasteiger partial charge in [0.1, 0.15) is 0 Å². The van der Waals surface area contributed by atoms with E-state index in [2.05, 4.69) is 33.9 Å². The average molecular weight is 453 g/mol. The number of aliphatic carboxylic acids is 1. The maximum absolute atomic E-state index is 10.7. The van der Waals surface area contributed by atoms with Gasteiger partial charge in [-0.2, -0.15) is 4.98 Å². The van der Waals surface area contributed by atoms with Crippen LogP contribution in [0.4, 0.5) is 0 Å². The summed E-state index contributed by atoms with van der Waals surface area (Å²) >= 11 is 6.46. The van der Waals surface area contributed by atoms with Crippen molar-refractivity contribution in [2.24, 2.45) is 0 Å². The second-order valence-corrected chi connectivity index (χ2v) is 8.45. The van der Waals surface area contributed by atoms with E-state index >= 15 is 0 Å². The molecule has 2 heterocycles. The Bertz CT molecular complexity index is 1280. The van der Waals surface area contributed by atoms with Gasteiger partial charge in [-0.15, -0.1) is 0 Å². The first-order chi connectivity index (χ1) is 15.3. The van der Waals surface area contributed by atoms with Gasteiger partial charge < -0.3 is 19.5 Å². The molecule has 0 atom stereocenters. The van der Waals surface area contributed by atoms with Crippen LogP contribution in [0.2, 0.25) is 5.02 Å². The van der Waals surface area contributed by atoms with Crippen LogP contribution in [0.1, 0.15) is 37.4 Å². The predicted molar refractivity (Wildman–Crippen MR) is 125 cm³/mol. The first kappa shape index (κ1) is 22.0. The topological polar surface area (TPSA) is 93.2 Å². The van der Waals surface area contributed by atoms with E-state index in [0.717, 1.165) is 33.2 Å². The third-order valence-electron chi connectivity index (χ3n) is 5.53. The highest BCUT2D eigenvalue weighted by Gasteiger charge is 2.16. The number of carboxylic acid groups (broad SMARTS) is 1. The molecule has 7 nitrogen and oxygen atoms in total. The largest absolute Gasteiger partial charge is 0.481 e. The molecule has 8 heteroatoms. The molecular formula is C24H25ClN4O3. The number of nitrogens with zero attached hydrogens (tertiary/aromatic N) is 3. The lowest BCUT2D eigenvalue weighted by Gasteiger charge is -2.09. The number of rotatable bonds is 8. The van der Waals surface area contributed by atoms with Gasteiger partial charge in [-0.05, 0) is 50.1 Å². The number of halogens is 1. The number of hydrogen-bond donors (Lipinski definition) is 2. The summed E-state index contributed by atoms with van der Waals surface area (Å²) in [6.07, 6.45) is 2.03. The summed E-state index contributed by atoms with van der Waals surface area (Å²) < 4.78 is 7.71. The van der Waals surface area contributed by atoms with E-state index in [1.807, 2.05) is 49.5 Å². The minimum atomic E-state index is -0.817. The zero-order valence-electron chi connectivity index (χ0n) is 18.2. The number of benzene rings is 2. The van der Waals surface area contributed by atoms with Crippen LogP contribution in [-0.2, 0) is 11.3 Å². The number of nitrogens with one attached hydrogen (secondary N) is 1. The Morgan fingerprint density at radius 3 is 2.84 bits per heavy atom. The van der Waals surface area contributed by atoms with E-state index in [-0.39, 0.29) is 6.42 Å². The summed E-state index contributed by atoms with van der Waals surface area (Å²) in [4.78, 5) is 15.3. The van der Waals surface area contributed by atoms with Crippen LogP contribution >= 0.6 is 11.6 Å². The Kier molecular flexibility index (Phi) is 6.30. The van der Waals surface area contributed by atoms with Crippen LogP contribution in [0.15, 0.2) is 47.1 Å². The molecule has 0 aliphatic rings. The lowest BCUT2D eigenvalue weighted by atomic mass is 10.0. The van der Waals surface area contributed by atoms with Gasteiger partial charge in [0.15, 0.2) is 0 Å². The molecule has 32 heavy (non-hydrogen) atoms. The summed E-state index contributed by atoms with van der Waals surface area (Å²) in [6.45, 7) is 7.22. The molecule has 2 aromatic heterocycles. The van der Waals surface area contributed by atoms with Crippen LogP contribution in [0.3, 0.4) is 0 Å². The van der Waals surface area contributed by atoms with Gasteiger partial charge in [0.05, 0.1) is 11.4 Å². The Morgan fingerprint density at radius 1 is 1.28 bits per heavy atom. The van der Waals surface area contributed by atoms with Gasteiger partial charge in [0.25, 0.3) is 5.89 Å². The normalized spacial score (nSPS) is 11.5. The highest BCUT2D eigenvalue weighted by atomic mass is 35.5. The van der Waals surface area contributed by atoms with E-state index in [1.54, 1.807) is 0 Å². The molecule has 0 spiro atoms. The van der Waals surface area contributed by atoms with Crippen LogP contribution in [0.25, 0.3) is 33.7 Å². The lowest BCUT2D eigenvalue weighted by molar-refractivity contribution is -0.136. The molecule has 0 radical (unpaired) electrons. The number of aromatic nitrogens is 3. The molecule has 2 N–H and O–H groups in total. The lowest BCUT2D eigenvalue weighted by Crippen LogP contribution is -2.18. The second kappa shape index (κ2) is 9.14. The average Bonchev–Trinajstić information content (AvgIpc) is 3.37.